The Kier molecular flexibility index (Phi) is 5.69. The van der Waals surface area contributed by atoms with Crippen molar-refractivity contribution in [3.63, 3.8) is 0 Å². The number of allylic oxidation sites excluding steroid dienone is 2. The first-order chi connectivity index (χ1) is 7.81. The van der Waals surface area contributed by atoms with Gasteiger partial charge < -0.3 is 4.74 Å². The summed E-state index contributed by atoms with van der Waals surface area (Å²) in [5.41, 5.74) is 2.79. The van der Waals surface area contributed by atoms with Crippen LogP contribution in [0, 0.1) is 0 Å². The van der Waals surface area contributed by atoms with E-state index in [9.17, 15) is 0 Å². The van der Waals surface area contributed by atoms with Crippen LogP contribution in [-0.2, 0) is 0 Å². The second-order valence-electron chi connectivity index (χ2n) is 4.00. The first-order valence-corrected chi connectivity index (χ1v) is 6.15. The van der Waals surface area contributed by atoms with Gasteiger partial charge in [0.25, 0.3) is 0 Å². The zero-order valence-corrected chi connectivity index (χ0v) is 10.6. The van der Waals surface area contributed by atoms with Crippen LogP contribution in [0.2, 0.25) is 0 Å². The van der Waals surface area contributed by atoms with Crippen molar-refractivity contribution in [1.82, 2.24) is 0 Å². The second kappa shape index (κ2) is 7.10. The fourth-order valence-corrected chi connectivity index (χ4v) is 1.76. The molecule has 0 N–H and O–H groups in total. The summed E-state index contributed by atoms with van der Waals surface area (Å²) in [7, 11) is 1.70. The Morgan fingerprint density at radius 3 is 2.31 bits per heavy atom. The molecule has 88 valence electrons. The molecule has 0 radical (unpaired) electrons. The monoisotopic (exact) mass is 218 g/mol. The molecule has 1 nitrogen and oxygen atoms in total. The molecule has 0 aliphatic heterocycles. The Morgan fingerprint density at radius 2 is 1.81 bits per heavy atom. The van der Waals surface area contributed by atoms with Crippen LogP contribution in [0.3, 0.4) is 0 Å². The van der Waals surface area contributed by atoms with E-state index in [2.05, 4.69) is 32.1 Å². The summed E-state index contributed by atoms with van der Waals surface area (Å²) in [4.78, 5) is 0. The summed E-state index contributed by atoms with van der Waals surface area (Å²) in [6.07, 6.45) is 7.10. The molecule has 0 fully saturated rings. The van der Waals surface area contributed by atoms with Crippen LogP contribution in [0.25, 0.3) is 5.57 Å². The van der Waals surface area contributed by atoms with E-state index in [-0.39, 0.29) is 0 Å². The average molecular weight is 218 g/mol. The molecule has 0 spiro atoms. The molecule has 0 unspecified atom stereocenters. The highest BCUT2D eigenvalue weighted by Crippen LogP contribution is 2.23. The van der Waals surface area contributed by atoms with Gasteiger partial charge in [0.2, 0.25) is 0 Å². The summed E-state index contributed by atoms with van der Waals surface area (Å²) in [6, 6.07) is 8.36. The smallest absolute Gasteiger partial charge is 0.118 e. The van der Waals surface area contributed by atoms with Gasteiger partial charge in [0, 0.05) is 0 Å². The van der Waals surface area contributed by atoms with Gasteiger partial charge >= 0.3 is 0 Å². The lowest BCUT2D eigenvalue weighted by molar-refractivity contribution is 0.415. The van der Waals surface area contributed by atoms with Crippen LogP contribution in [0.5, 0.6) is 5.75 Å². The van der Waals surface area contributed by atoms with Gasteiger partial charge in [0.15, 0.2) is 0 Å². The van der Waals surface area contributed by atoms with Crippen LogP contribution >= 0.6 is 0 Å². The average Bonchev–Trinajstić information content (AvgIpc) is 2.35. The minimum absolute atomic E-state index is 0.926. The van der Waals surface area contributed by atoms with Gasteiger partial charge in [-0.05, 0) is 36.1 Å². The minimum Gasteiger partial charge on any atom is -0.497 e. The molecular formula is C15H22O. The zero-order valence-electron chi connectivity index (χ0n) is 10.6. The van der Waals surface area contributed by atoms with E-state index in [0.29, 0.717) is 0 Å². The van der Waals surface area contributed by atoms with Gasteiger partial charge in [0.1, 0.15) is 5.75 Å². The van der Waals surface area contributed by atoms with E-state index < -0.39 is 0 Å². The van der Waals surface area contributed by atoms with Gasteiger partial charge in [-0.25, -0.2) is 0 Å². The summed E-state index contributed by atoms with van der Waals surface area (Å²) >= 11 is 0. The number of hydrogen-bond acceptors (Lipinski definition) is 1. The maximum atomic E-state index is 5.17. The molecule has 1 aromatic rings. The van der Waals surface area contributed by atoms with E-state index >= 15 is 0 Å². The Balaban J connectivity index is 2.83. The van der Waals surface area contributed by atoms with E-state index in [4.69, 9.17) is 4.74 Å². The third-order valence-corrected chi connectivity index (χ3v) is 2.66. The lowest BCUT2D eigenvalue weighted by Gasteiger charge is -2.07. The van der Waals surface area contributed by atoms with Crippen LogP contribution < -0.4 is 4.74 Å². The molecule has 0 atom stereocenters. The topological polar surface area (TPSA) is 9.23 Å². The molecule has 0 aliphatic carbocycles. The van der Waals surface area contributed by atoms with E-state index in [1.54, 1.807) is 7.11 Å². The number of benzene rings is 1. The maximum absolute atomic E-state index is 5.17. The van der Waals surface area contributed by atoms with Crippen molar-refractivity contribution in [3.8, 4) is 5.75 Å². The Hall–Kier alpha value is -1.24. The number of ether oxygens (including phenoxy) is 1. The highest BCUT2D eigenvalue weighted by Gasteiger charge is 2.00. The van der Waals surface area contributed by atoms with Gasteiger partial charge in [-0.15, -0.1) is 0 Å². The van der Waals surface area contributed by atoms with Crippen LogP contribution in [-0.4, -0.2) is 7.11 Å². The third-order valence-electron chi connectivity index (χ3n) is 2.66. The van der Waals surface area contributed by atoms with Gasteiger partial charge in [-0.1, -0.05) is 44.9 Å². The molecule has 1 aromatic carbocycles. The second-order valence-corrected chi connectivity index (χ2v) is 4.00. The number of unbranched alkanes of at least 4 members (excludes halogenated alkanes) is 1. The molecular weight excluding hydrogens is 196 g/mol. The zero-order chi connectivity index (χ0) is 11.8. The molecule has 0 aromatic heterocycles. The SMILES string of the molecule is CCC/C=C(\CCC)c1ccc(OC)cc1. The molecule has 0 amide bonds. The van der Waals surface area contributed by atoms with Crippen molar-refractivity contribution < 1.29 is 4.74 Å². The Morgan fingerprint density at radius 1 is 1.12 bits per heavy atom. The van der Waals surface area contributed by atoms with Crippen molar-refractivity contribution in [1.29, 1.82) is 0 Å². The van der Waals surface area contributed by atoms with Gasteiger partial charge in [-0.2, -0.15) is 0 Å². The predicted octanol–water partition coefficient (Wildman–Crippen LogP) is 4.68. The van der Waals surface area contributed by atoms with Crippen molar-refractivity contribution >= 4 is 5.57 Å². The van der Waals surface area contributed by atoms with Gasteiger partial charge in [-0.3, -0.25) is 0 Å². The maximum Gasteiger partial charge on any atom is 0.118 e. The highest BCUT2D eigenvalue weighted by atomic mass is 16.5. The van der Waals surface area contributed by atoms with E-state index in [1.165, 1.54) is 30.4 Å². The number of rotatable bonds is 6. The van der Waals surface area contributed by atoms with E-state index in [0.717, 1.165) is 12.2 Å². The van der Waals surface area contributed by atoms with Crippen molar-refractivity contribution in [3.05, 3.63) is 35.9 Å². The third kappa shape index (κ3) is 3.73. The normalized spacial score (nSPS) is 11.6. The fraction of sp³-hybridized carbons (Fsp3) is 0.467. The number of hydrogen-bond donors (Lipinski definition) is 0. The minimum atomic E-state index is 0.926. The lowest BCUT2D eigenvalue weighted by atomic mass is 10.00. The Bertz CT molecular complexity index is 322. The summed E-state index contributed by atoms with van der Waals surface area (Å²) in [5, 5.41) is 0. The molecule has 0 aliphatic rings. The fourth-order valence-electron chi connectivity index (χ4n) is 1.76. The molecule has 0 saturated carbocycles. The van der Waals surface area contributed by atoms with Gasteiger partial charge in [0.05, 0.1) is 7.11 Å². The largest absolute Gasteiger partial charge is 0.497 e. The molecule has 1 heteroatoms. The lowest BCUT2D eigenvalue weighted by Crippen LogP contribution is -1.87. The summed E-state index contributed by atoms with van der Waals surface area (Å²) in [6.45, 7) is 4.44. The van der Waals surface area contributed by atoms with Crippen LogP contribution in [0.1, 0.15) is 45.1 Å². The number of methoxy groups -OCH3 is 1. The summed E-state index contributed by atoms with van der Waals surface area (Å²) < 4.78 is 5.17. The molecule has 16 heavy (non-hydrogen) atoms. The molecule has 0 saturated heterocycles. The van der Waals surface area contributed by atoms with E-state index in [1.807, 2.05) is 12.1 Å². The first-order valence-electron chi connectivity index (χ1n) is 6.15. The standard InChI is InChI=1S/C15H22O/c1-4-6-8-13(7-5-2)14-9-11-15(16-3)12-10-14/h8-12H,4-7H2,1-3H3/b13-8+. The molecule has 1 rings (SSSR count). The molecule has 0 bridgehead atoms. The molecule has 0 heterocycles. The van der Waals surface area contributed by atoms with Crippen LogP contribution in [0.15, 0.2) is 30.3 Å². The first kappa shape index (κ1) is 12.8. The van der Waals surface area contributed by atoms with Crippen LogP contribution in [0.4, 0.5) is 0 Å². The van der Waals surface area contributed by atoms with Crippen molar-refractivity contribution in [2.24, 2.45) is 0 Å². The Labute approximate surface area is 99.1 Å². The van der Waals surface area contributed by atoms with Crippen molar-refractivity contribution in [2.45, 2.75) is 39.5 Å². The highest BCUT2D eigenvalue weighted by molar-refractivity contribution is 5.65. The van der Waals surface area contributed by atoms with Crippen molar-refractivity contribution in [2.75, 3.05) is 7.11 Å². The summed E-state index contributed by atoms with van der Waals surface area (Å²) in [5.74, 6) is 0.926. The predicted molar refractivity (Wildman–Crippen MR) is 70.8 cm³/mol. The quantitative estimate of drug-likeness (QED) is 0.673.